The molecule has 1 amide bonds. The molecule has 0 unspecified atom stereocenters. The molecule has 0 bridgehead atoms. The first-order valence-electron chi connectivity index (χ1n) is 3.62. The number of amides is 1. The van der Waals surface area contributed by atoms with Gasteiger partial charge < -0.3 is 10.1 Å². The van der Waals surface area contributed by atoms with E-state index in [1.54, 1.807) is 0 Å². The van der Waals surface area contributed by atoms with Crippen LogP contribution in [0.1, 0.15) is 0 Å². The molecule has 0 radical (unpaired) electrons. The molecule has 1 aromatic heterocycles. The van der Waals surface area contributed by atoms with E-state index in [4.69, 9.17) is 5.41 Å². The van der Waals surface area contributed by atoms with E-state index in [2.05, 4.69) is 14.9 Å². The molecule has 9 nitrogen and oxygen atoms in total. The topological polar surface area (TPSA) is 126 Å². The Balaban J connectivity index is 2.45. The highest BCUT2D eigenvalue weighted by Gasteiger charge is 2.38. The summed E-state index contributed by atoms with van der Waals surface area (Å²) in [4.78, 5) is 21.8. The van der Waals surface area contributed by atoms with Gasteiger partial charge in [-0.3, -0.25) is 10.2 Å². The highest BCUT2D eigenvalue weighted by Crippen LogP contribution is 2.29. The lowest BCUT2D eigenvalue weighted by atomic mass is 10.5. The number of thioether (sulfide) groups is 1. The molecule has 15 heavy (non-hydrogen) atoms. The molecule has 0 atom stereocenters. The van der Waals surface area contributed by atoms with E-state index in [0.29, 0.717) is 0 Å². The Morgan fingerprint density at radius 2 is 2.33 bits per heavy atom. The van der Waals surface area contributed by atoms with E-state index in [9.17, 15) is 14.9 Å². The van der Waals surface area contributed by atoms with Gasteiger partial charge in [0, 0.05) is 5.16 Å². The third-order valence-electron chi connectivity index (χ3n) is 1.62. The van der Waals surface area contributed by atoms with Crippen molar-refractivity contribution in [1.29, 1.82) is 5.41 Å². The van der Waals surface area contributed by atoms with Gasteiger partial charge in [-0.15, -0.1) is 4.63 Å². The third-order valence-corrected chi connectivity index (χ3v) is 2.47. The Labute approximate surface area is 86.0 Å². The lowest BCUT2D eigenvalue weighted by Crippen LogP contribution is -2.29. The van der Waals surface area contributed by atoms with E-state index in [1.807, 2.05) is 0 Å². The van der Waals surface area contributed by atoms with Gasteiger partial charge in [-0.2, -0.15) is 0 Å². The number of rotatable bonds is 2. The Hall–Kier alpha value is -1.97. The van der Waals surface area contributed by atoms with E-state index in [1.165, 1.54) is 0 Å². The molecule has 1 fully saturated rings. The van der Waals surface area contributed by atoms with Gasteiger partial charge in [0.2, 0.25) is 5.91 Å². The van der Waals surface area contributed by atoms with Crippen LogP contribution in [0.5, 0.6) is 0 Å². The van der Waals surface area contributed by atoms with Crippen molar-refractivity contribution < 1.29 is 14.3 Å². The number of amidine groups is 1. The van der Waals surface area contributed by atoms with Gasteiger partial charge in [-0.05, 0) is 4.92 Å². The monoisotopic (exact) mass is 229 g/mol. The van der Waals surface area contributed by atoms with Crippen LogP contribution in [0.15, 0.2) is 4.63 Å². The first-order valence-corrected chi connectivity index (χ1v) is 4.61. The number of hydrogen-bond acceptors (Lipinski definition) is 8. The van der Waals surface area contributed by atoms with E-state index >= 15 is 0 Å². The van der Waals surface area contributed by atoms with E-state index < -0.39 is 16.6 Å². The van der Waals surface area contributed by atoms with Crippen LogP contribution < -0.4 is 4.90 Å². The summed E-state index contributed by atoms with van der Waals surface area (Å²) in [6.45, 7) is 0. The number of nitrogens with zero attached hydrogens (tertiary/aromatic N) is 4. The smallest absolute Gasteiger partial charge is 0.358 e. The van der Waals surface area contributed by atoms with E-state index in [0.717, 1.165) is 16.7 Å². The van der Waals surface area contributed by atoms with Gasteiger partial charge in [0.1, 0.15) is 0 Å². The quantitative estimate of drug-likeness (QED) is 0.558. The molecule has 0 aliphatic carbocycles. The molecule has 1 aliphatic heterocycles. The van der Waals surface area contributed by atoms with Crippen LogP contribution in [0.4, 0.5) is 11.6 Å². The maximum absolute atomic E-state index is 11.3. The summed E-state index contributed by atoms with van der Waals surface area (Å²) in [5, 5.41) is 24.0. The number of nitro groups is 1. The van der Waals surface area contributed by atoms with Crippen molar-refractivity contribution in [1.82, 2.24) is 10.3 Å². The van der Waals surface area contributed by atoms with Crippen molar-refractivity contribution >= 4 is 34.5 Å². The summed E-state index contributed by atoms with van der Waals surface area (Å²) in [5.74, 6) is -1.41. The van der Waals surface area contributed by atoms with Gasteiger partial charge >= 0.3 is 5.82 Å². The number of anilines is 1. The van der Waals surface area contributed by atoms with Crippen molar-refractivity contribution in [2.45, 2.75) is 0 Å². The number of aromatic nitrogens is 2. The van der Waals surface area contributed by atoms with Gasteiger partial charge in [0.25, 0.3) is 5.82 Å². The van der Waals surface area contributed by atoms with Crippen LogP contribution in [-0.4, -0.2) is 32.1 Å². The molecule has 0 spiro atoms. The fourth-order valence-corrected chi connectivity index (χ4v) is 1.73. The molecule has 1 saturated heterocycles. The predicted molar refractivity (Wildman–Crippen MR) is 48.6 cm³/mol. The zero-order valence-corrected chi connectivity index (χ0v) is 7.85. The minimum atomic E-state index is -0.824. The minimum absolute atomic E-state index is 0.0584. The van der Waals surface area contributed by atoms with Crippen molar-refractivity contribution in [3.05, 3.63) is 10.1 Å². The van der Waals surface area contributed by atoms with Gasteiger partial charge in [-0.25, -0.2) is 4.90 Å². The maximum atomic E-state index is 11.3. The van der Waals surface area contributed by atoms with Crippen molar-refractivity contribution in [2.75, 3.05) is 10.7 Å². The Morgan fingerprint density at radius 3 is 2.87 bits per heavy atom. The summed E-state index contributed by atoms with van der Waals surface area (Å²) in [7, 11) is 0. The number of carbonyl (C=O) groups excluding carboxylic acids is 1. The van der Waals surface area contributed by atoms with E-state index in [-0.39, 0.29) is 16.7 Å². The molecule has 2 rings (SSSR count). The van der Waals surface area contributed by atoms with Crippen molar-refractivity contribution in [3.8, 4) is 0 Å². The molecule has 78 valence electrons. The molecule has 1 aromatic rings. The largest absolute Gasteiger partial charge is 0.459 e. The van der Waals surface area contributed by atoms with Crippen LogP contribution in [-0.2, 0) is 4.79 Å². The lowest BCUT2D eigenvalue weighted by Gasteiger charge is -2.07. The summed E-state index contributed by atoms with van der Waals surface area (Å²) in [5.41, 5.74) is 0. The number of carbonyl (C=O) groups is 1. The second-order valence-electron chi connectivity index (χ2n) is 2.49. The van der Waals surface area contributed by atoms with Gasteiger partial charge in [-0.1, -0.05) is 11.8 Å². The molecule has 2 heterocycles. The summed E-state index contributed by atoms with van der Waals surface area (Å²) in [6.07, 6.45) is 0. The fourth-order valence-electron chi connectivity index (χ4n) is 1.02. The van der Waals surface area contributed by atoms with Gasteiger partial charge in [0.05, 0.1) is 5.75 Å². The zero-order valence-electron chi connectivity index (χ0n) is 7.04. The Kier molecular flexibility index (Phi) is 2.11. The van der Waals surface area contributed by atoms with Crippen LogP contribution >= 0.6 is 11.8 Å². The predicted octanol–water partition coefficient (Wildman–Crippen LogP) is -0.00763. The normalized spacial score (nSPS) is 16.1. The zero-order chi connectivity index (χ0) is 11.0. The molecular formula is C5H3N5O4S. The van der Waals surface area contributed by atoms with Crippen LogP contribution in [0.3, 0.4) is 0 Å². The second-order valence-corrected chi connectivity index (χ2v) is 3.46. The fraction of sp³-hybridized carbons (Fsp3) is 0.200. The highest BCUT2D eigenvalue weighted by molar-refractivity contribution is 8.15. The van der Waals surface area contributed by atoms with Crippen molar-refractivity contribution in [2.24, 2.45) is 0 Å². The number of hydrogen-bond donors (Lipinski definition) is 1. The Morgan fingerprint density at radius 1 is 1.60 bits per heavy atom. The van der Waals surface area contributed by atoms with Crippen LogP contribution in [0.25, 0.3) is 0 Å². The summed E-state index contributed by atoms with van der Waals surface area (Å²) in [6, 6.07) is 0. The molecular weight excluding hydrogens is 226 g/mol. The minimum Gasteiger partial charge on any atom is -0.358 e. The summed E-state index contributed by atoms with van der Waals surface area (Å²) < 4.78 is 4.17. The Bertz CT molecular complexity index is 440. The average Bonchev–Trinajstić information content (AvgIpc) is 2.73. The van der Waals surface area contributed by atoms with Crippen LogP contribution in [0.2, 0.25) is 0 Å². The lowest BCUT2D eigenvalue weighted by molar-refractivity contribution is -0.390. The molecule has 1 N–H and O–H groups in total. The SMILES string of the molecule is N=C1SCC(=O)N1c1nonc1[N+](=O)[O-]. The highest BCUT2D eigenvalue weighted by atomic mass is 32.2. The first-order chi connectivity index (χ1) is 7.11. The molecule has 1 aliphatic rings. The molecule has 0 aromatic carbocycles. The van der Waals surface area contributed by atoms with Crippen LogP contribution in [0, 0.1) is 15.5 Å². The third kappa shape index (κ3) is 1.44. The van der Waals surface area contributed by atoms with Crippen molar-refractivity contribution in [3.63, 3.8) is 0 Å². The molecule has 10 heteroatoms. The van der Waals surface area contributed by atoms with Gasteiger partial charge in [0.15, 0.2) is 10.3 Å². The summed E-state index contributed by atoms with van der Waals surface area (Å²) >= 11 is 0.960. The standard InChI is InChI=1S/C5H3N5O4S/c6-5-9(2(11)1-15-5)3-4(10(12)13)8-14-7-3/h6H,1H2. The number of nitrogens with one attached hydrogen (secondary N) is 1. The first kappa shape index (κ1) is 9.58. The molecule has 0 saturated carbocycles. The maximum Gasteiger partial charge on any atom is 0.459 e. The average molecular weight is 229 g/mol. The second kappa shape index (κ2) is 3.31.